The SMILES string of the molecule is Cc1oc2cc(C(=O)O)cc(C)c2c1C.Cl. The van der Waals surface area contributed by atoms with Crippen LogP contribution in [0.15, 0.2) is 16.5 Å². The quantitative estimate of drug-likeness (QED) is 0.830. The first-order valence-corrected chi connectivity index (χ1v) is 4.74. The second-order valence-corrected chi connectivity index (χ2v) is 3.75. The fourth-order valence-electron chi connectivity index (χ4n) is 1.86. The fraction of sp³-hybridized carbons (Fsp3) is 0.250. The lowest BCUT2D eigenvalue weighted by atomic mass is 10.0. The number of aromatic carboxylic acids is 1. The molecule has 1 heterocycles. The van der Waals surface area contributed by atoms with Gasteiger partial charge in [0.15, 0.2) is 0 Å². The molecule has 0 radical (unpaired) electrons. The third-order valence-electron chi connectivity index (χ3n) is 2.71. The van der Waals surface area contributed by atoms with Crippen LogP contribution in [0.1, 0.15) is 27.2 Å². The van der Waals surface area contributed by atoms with Crippen LogP contribution in [0.5, 0.6) is 0 Å². The Morgan fingerprint density at radius 3 is 2.44 bits per heavy atom. The zero-order valence-electron chi connectivity index (χ0n) is 9.33. The summed E-state index contributed by atoms with van der Waals surface area (Å²) in [6.45, 7) is 5.76. The molecule has 0 aliphatic rings. The minimum atomic E-state index is -0.924. The highest BCUT2D eigenvalue weighted by Crippen LogP contribution is 2.28. The fourth-order valence-corrected chi connectivity index (χ4v) is 1.86. The Labute approximate surface area is 99.5 Å². The van der Waals surface area contributed by atoms with Crippen molar-refractivity contribution in [2.45, 2.75) is 20.8 Å². The van der Waals surface area contributed by atoms with E-state index in [2.05, 4.69) is 0 Å². The zero-order chi connectivity index (χ0) is 11.2. The van der Waals surface area contributed by atoms with E-state index >= 15 is 0 Å². The highest BCUT2D eigenvalue weighted by Gasteiger charge is 2.13. The van der Waals surface area contributed by atoms with Crippen molar-refractivity contribution < 1.29 is 14.3 Å². The van der Waals surface area contributed by atoms with Crippen LogP contribution in [0.25, 0.3) is 11.0 Å². The number of furan rings is 1. The summed E-state index contributed by atoms with van der Waals surface area (Å²) in [4.78, 5) is 10.8. The first kappa shape index (κ1) is 12.6. The van der Waals surface area contributed by atoms with Crippen molar-refractivity contribution >= 4 is 29.3 Å². The summed E-state index contributed by atoms with van der Waals surface area (Å²) < 4.78 is 5.51. The Kier molecular flexibility index (Phi) is 3.29. The van der Waals surface area contributed by atoms with Crippen molar-refractivity contribution in [2.75, 3.05) is 0 Å². The van der Waals surface area contributed by atoms with Gasteiger partial charge in [0.05, 0.1) is 5.56 Å². The van der Waals surface area contributed by atoms with E-state index in [0.717, 1.165) is 22.3 Å². The second kappa shape index (κ2) is 4.18. The predicted octanol–water partition coefficient (Wildman–Crippen LogP) is 3.48. The monoisotopic (exact) mass is 240 g/mol. The van der Waals surface area contributed by atoms with Gasteiger partial charge in [0.2, 0.25) is 0 Å². The third kappa shape index (κ3) is 1.78. The van der Waals surface area contributed by atoms with E-state index in [4.69, 9.17) is 9.52 Å². The molecular formula is C12H13ClO3. The molecule has 0 unspecified atom stereocenters. The Bertz CT molecular complexity index is 555. The highest BCUT2D eigenvalue weighted by molar-refractivity contribution is 5.95. The van der Waals surface area contributed by atoms with Crippen LogP contribution < -0.4 is 0 Å². The minimum Gasteiger partial charge on any atom is -0.478 e. The van der Waals surface area contributed by atoms with Crippen molar-refractivity contribution in [3.8, 4) is 0 Å². The van der Waals surface area contributed by atoms with Crippen molar-refractivity contribution in [1.82, 2.24) is 0 Å². The van der Waals surface area contributed by atoms with Gasteiger partial charge in [-0.05, 0) is 44.0 Å². The third-order valence-corrected chi connectivity index (χ3v) is 2.71. The molecule has 4 heteroatoms. The van der Waals surface area contributed by atoms with Crippen LogP contribution in [-0.2, 0) is 0 Å². The molecule has 3 nitrogen and oxygen atoms in total. The maximum absolute atomic E-state index is 10.8. The van der Waals surface area contributed by atoms with E-state index in [1.165, 1.54) is 0 Å². The van der Waals surface area contributed by atoms with Crippen LogP contribution in [-0.4, -0.2) is 11.1 Å². The summed E-state index contributed by atoms with van der Waals surface area (Å²) in [5.74, 6) is -0.0812. The summed E-state index contributed by atoms with van der Waals surface area (Å²) in [6.07, 6.45) is 0. The Hall–Kier alpha value is -1.48. The topological polar surface area (TPSA) is 50.4 Å². The van der Waals surface area contributed by atoms with Gasteiger partial charge >= 0.3 is 5.97 Å². The van der Waals surface area contributed by atoms with Crippen molar-refractivity contribution in [2.24, 2.45) is 0 Å². The molecule has 0 saturated heterocycles. The molecule has 86 valence electrons. The minimum absolute atomic E-state index is 0. The standard InChI is InChI=1S/C12H12O3.ClH/c1-6-4-9(12(13)14)5-10-11(6)7(2)8(3)15-10;/h4-5H,1-3H3,(H,13,14);1H. The molecule has 1 N–H and O–H groups in total. The van der Waals surface area contributed by atoms with Gasteiger partial charge in [0, 0.05) is 5.39 Å². The van der Waals surface area contributed by atoms with Crippen molar-refractivity contribution in [3.63, 3.8) is 0 Å². The maximum Gasteiger partial charge on any atom is 0.335 e. The van der Waals surface area contributed by atoms with Crippen LogP contribution in [0.2, 0.25) is 0 Å². The average molecular weight is 241 g/mol. The second-order valence-electron chi connectivity index (χ2n) is 3.75. The molecule has 0 aliphatic heterocycles. The molecule has 0 spiro atoms. The number of rotatable bonds is 1. The lowest BCUT2D eigenvalue weighted by Crippen LogP contribution is -1.96. The van der Waals surface area contributed by atoms with E-state index in [9.17, 15) is 4.79 Å². The molecule has 1 aromatic carbocycles. The van der Waals surface area contributed by atoms with E-state index in [1.54, 1.807) is 12.1 Å². The van der Waals surface area contributed by atoms with E-state index in [-0.39, 0.29) is 18.0 Å². The number of hydrogen-bond acceptors (Lipinski definition) is 2. The zero-order valence-corrected chi connectivity index (χ0v) is 10.1. The van der Waals surface area contributed by atoms with Gasteiger partial charge in [-0.1, -0.05) is 0 Å². The van der Waals surface area contributed by atoms with Gasteiger partial charge in [-0.25, -0.2) is 4.79 Å². The summed E-state index contributed by atoms with van der Waals surface area (Å²) >= 11 is 0. The number of hydrogen-bond donors (Lipinski definition) is 1. The summed E-state index contributed by atoms with van der Waals surface area (Å²) in [6, 6.07) is 3.25. The molecule has 0 bridgehead atoms. The van der Waals surface area contributed by atoms with Gasteiger partial charge in [0.25, 0.3) is 0 Å². The molecule has 0 atom stereocenters. The molecule has 0 saturated carbocycles. The number of carboxylic acids is 1. The molecule has 2 rings (SSSR count). The van der Waals surface area contributed by atoms with Crippen LogP contribution in [0.4, 0.5) is 0 Å². The molecule has 2 aromatic rings. The Morgan fingerprint density at radius 2 is 1.88 bits per heavy atom. The summed E-state index contributed by atoms with van der Waals surface area (Å²) in [5.41, 5.74) is 2.95. The lowest BCUT2D eigenvalue weighted by molar-refractivity contribution is 0.0697. The first-order chi connectivity index (χ1) is 7.00. The van der Waals surface area contributed by atoms with Crippen LogP contribution in [0.3, 0.4) is 0 Å². The Morgan fingerprint density at radius 1 is 1.25 bits per heavy atom. The molecule has 16 heavy (non-hydrogen) atoms. The molecular weight excluding hydrogens is 228 g/mol. The number of carboxylic acid groups (broad SMARTS) is 1. The maximum atomic E-state index is 10.8. The van der Waals surface area contributed by atoms with Crippen LogP contribution >= 0.6 is 12.4 Å². The molecule has 0 fully saturated rings. The van der Waals surface area contributed by atoms with E-state index in [1.807, 2.05) is 20.8 Å². The summed E-state index contributed by atoms with van der Waals surface area (Å²) in [7, 11) is 0. The molecule has 1 aromatic heterocycles. The van der Waals surface area contributed by atoms with E-state index in [0.29, 0.717) is 5.58 Å². The van der Waals surface area contributed by atoms with E-state index < -0.39 is 5.97 Å². The van der Waals surface area contributed by atoms with Gasteiger partial charge in [-0.2, -0.15) is 0 Å². The average Bonchev–Trinajstić information content (AvgIpc) is 2.42. The number of fused-ring (bicyclic) bond motifs is 1. The Balaban J connectivity index is 0.00000128. The first-order valence-electron chi connectivity index (χ1n) is 4.74. The van der Waals surface area contributed by atoms with Gasteiger partial charge in [-0.15, -0.1) is 12.4 Å². The molecule has 0 aliphatic carbocycles. The van der Waals surface area contributed by atoms with Gasteiger partial charge in [-0.3, -0.25) is 0 Å². The number of aryl methyl sites for hydroxylation is 3. The smallest absolute Gasteiger partial charge is 0.335 e. The van der Waals surface area contributed by atoms with Gasteiger partial charge in [0.1, 0.15) is 11.3 Å². The predicted molar refractivity (Wildman–Crippen MR) is 64.6 cm³/mol. The van der Waals surface area contributed by atoms with Gasteiger partial charge < -0.3 is 9.52 Å². The van der Waals surface area contributed by atoms with Crippen LogP contribution in [0, 0.1) is 20.8 Å². The number of halogens is 1. The van der Waals surface area contributed by atoms with Crippen molar-refractivity contribution in [1.29, 1.82) is 0 Å². The largest absolute Gasteiger partial charge is 0.478 e. The highest BCUT2D eigenvalue weighted by atomic mass is 35.5. The number of benzene rings is 1. The normalized spacial score (nSPS) is 10.2. The number of carbonyl (C=O) groups is 1. The lowest BCUT2D eigenvalue weighted by Gasteiger charge is -1.99. The molecule has 0 amide bonds. The summed E-state index contributed by atoms with van der Waals surface area (Å²) in [5, 5.41) is 9.93. The van der Waals surface area contributed by atoms with Crippen molar-refractivity contribution in [3.05, 3.63) is 34.6 Å².